The van der Waals surface area contributed by atoms with Crippen LogP contribution in [0, 0.1) is 0 Å². The molecule has 3 aromatic rings. The van der Waals surface area contributed by atoms with E-state index in [-0.39, 0.29) is 17.1 Å². The summed E-state index contributed by atoms with van der Waals surface area (Å²) in [5.41, 5.74) is 0.991. The molecular formula is C20H10BrClO3S. The van der Waals surface area contributed by atoms with Crippen molar-refractivity contribution in [2.24, 2.45) is 0 Å². The number of rotatable bonds is 3. The van der Waals surface area contributed by atoms with E-state index in [0.717, 1.165) is 9.37 Å². The molecule has 6 heteroatoms. The largest absolute Gasteiger partial charge is 0.449 e. The van der Waals surface area contributed by atoms with E-state index in [2.05, 4.69) is 15.9 Å². The molecule has 2 aromatic carbocycles. The first-order valence-electron chi connectivity index (χ1n) is 7.66. The number of ketones is 2. The Morgan fingerprint density at radius 3 is 2.19 bits per heavy atom. The normalized spacial score (nSPS) is 13.2. The topological polar surface area (TPSA) is 47.3 Å². The van der Waals surface area contributed by atoms with Crippen molar-refractivity contribution in [1.29, 1.82) is 0 Å². The van der Waals surface area contributed by atoms with E-state index in [0.29, 0.717) is 27.0 Å². The highest BCUT2D eigenvalue weighted by Gasteiger charge is 2.32. The summed E-state index contributed by atoms with van der Waals surface area (Å²) in [5.74, 6) is -0.104. The van der Waals surface area contributed by atoms with Crippen LogP contribution in [0.2, 0.25) is 5.02 Å². The Kier molecular flexibility index (Phi) is 4.61. The minimum absolute atomic E-state index is 0.121. The van der Waals surface area contributed by atoms with Gasteiger partial charge in [0.1, 0.15) is 5.76 Å². The van der Waals surface area contributed by atoms with Crippen molar-refractivity contribution in [2.45, 2.75) is 9.99 Å². The lowest BCUT2D eigenvalue weighted by Gasteiger charge is -1.99. The highest BCUT2D eigenvalue weighted by Crippen LogP contribution is 2.37. The van der Waals surface area contributed by atoms with Crippen molar-refractivity contribution >= 4 is 56.9 Å². The highest BCUT2D eigenvalue weighted by molar-refractivity contribution is 9.10. The van der Waals surface area contributed by atoms with Gasteiger partial charge in [-0.05, 0) is 52.3 Å². The summed E-state index contributed by atoms with van der Waals surface area (Å²) >= 11 is 10.8. The zero-order valence-corrected chi connectivity index (χ0v) is 16.3. The fourth-order valence-corrected chi connectivity index (χ4v) is 4.12. The molecule has 1 aliphatic rings. The second-order valence-electron chi connectivity index (χ2n) is 5.60. The Balaban J connectivity index is 1.64. The molecule has 128 valence electrons. The summed E-state index contributed by atoms with van der Waals surface area (Å²) in [5, 5.41) is 1.30. The maximum atomic E-state index is 12.5. The van der Waals surface area contributed by atoms with Crippen LogP contribution in [0.5, 0.6) is 0 Å². The van der Waals surface area contributed by atoms with E-state index in [1.807, 2.05) is 12.1 Å². The van der Waals surface area contributed by atoms with Crippen molar-refractivity contribution in [3.63, 3.8) is 0 Å². The number of fused-ring (bicyclic) bond motifs is 1. The van der Waals surface area contributed by atoms with E-state index >= 15 is 0 Å². The van der Waals surface area contributed by atoms with Gasteiger partial charge in [0.25, 0.3) is 0 Å². The van der Waals surface area contributed by atoms with E-state index in [1.165, 1.54) is 17.8 Å². The fourth-order valence-electron chi connectivity index (χ4n) is 2.67. The van der Waals surface area contributed by atoms with E-state index < -0.39 is 0 Å². The first kappa shape index (κ1) is 17.3. The maximum Gasteiger partial charge on any atom is 0.197 e. The Morgan fingerprint density at radius 2 is 1.58 bits per heavy atom. The first-order chi connectivity index (χ1) is 12.5. The first-order valence-corrected chi connectivity index (χ1v) is 9.64. The second-order valence-corrected chi connectivity index (χ2v) is 7.94. The maximum absolute atomic E-state index is 12.5. The summed E-state index contributed by atoms with van der Waals surface area (Å²) in [6, 6.07) is 15.9. The third kappa shape index (κ3) is 3.18. The van der Waals surface area contributed by atoms with Gasteiger partial charge in [0.15, 0.2) is 16.7 Å². The monoisotopic (exact) mass is 444 g/mol. The third-order valence-electron chi connectivity index (χ3n) is 3.89. The molecule has 0 bridgehead atoms. The predicted octanol–water partition coefficient (Wildman–Crippen LogP) is 6.31. The molecule has 0 aliphatic heterocycles. The average Bonchev–Trinajstić information content (AvgIpc) is 3.10. The van der Waals surface area contributed by atoms with Crippen LogP contribution < -0.4 is 0 Å². The Morgan fingerprint density at radius 1 is 0.962 bits per heavy atom. The number of hydrogen-bond donors (Lipinski definition) is 0. The van der Waals surface area contributed by atoms with Gasteiger partial charge in [0, 0.05) is 21.0 Å². The molecule has 0 saturated carbocycles. The lowest BCUT2D eigenvalue weighted by Crippen LogP contribution is -1.99. The van der Waals surface area contributed by atoms with E-state index in [1.54, 1.807) is 42.5 Å². The SMILES string of the molecule is O=C1C(=Cc2cc(Br)c(Sc3ccc(Cl)cc3)o2)C(=O)c2ccccc21. The number of allylic oxidation sites excluding steroid dienone is 1. The van der Waals surface area contributed by atoms with Gasteiger partial charge in [-0.25, -0.2) is 0 Å². The van der Waals surface area contributed by atoms with Crippen LogP contribution >= 0.6 is 39.3 Å². The molecule has 0 atom stereocenters. The lowest BCUT2D eigenvalue weighted by atomic mass is 10.1. The summed E-state index contributed by atoms with van der Waals surface area (Å²) < 4.78 is 6.56. The number of halogens is 2. The van der Waals surface area contributed by atoms with Crippen LogP contribution in [0.1, 0.15) is 26.5 Å². The van der Waals surface area contributed by atoms with Gasteiger partial charge in [-0.1, -0.05) is 47.6 Å². The van der Waals surface area contributed by atoms with Crippen LogP contribution in [0.3, 0.4) is 0 Å². The van der Waals surface area contributed by atoms with Crippen LogP contribution in [-0.4, -0.2) is 11.6 Å². The molecule has 1 aliphatic carbocycles. The zero-order valence-electron chi connectivity index (χ0n) is 13.2. The lowest BCUT2D eigenvalue weighted by molar-refractivity contribution is 0.0990. The molecule has 26 heavy (non-hydrogen) atoms. The van der Waals surface area contributed by atoms with Crippen LogP contribution in [-0.2, 0) is 0 Å². The molecule has 0 amide bonds. The van der Waals surface area contributed by atoms with Gasteiger partial charge < -0.3 is 4.42 Å². The van der Waals surface area contributed by atoms with Gasteiger partial charge in [0.05, 0.1) is 10.0 Å². The number of carbonyl (C=O) groups excluding carboxylic acids is 2. The van der Waals surface area contributed by atoms with Crippen molar-refractivity contribution in [3.8, 4) is 0 Å². The third-order valence-corrected chi connectivity index (χ3v) is 5.99. The molecule has 4 rings (SSSR count). The van der Waals surface area contributed by atoms with Gasteiger partial charge in [-0.2, -0.15) is 0 Å². The average molecular weight is 446 g/mol. The molecule has 3 nitrogen and oxygen atoms in total. The fraction of sp³-hybridized carbons (Fsp3) is 0. The van der Waals surface area contributed by atoms with Crippen LogP contribution in [0.25, 0.3) is 6.08 Å². The molecule has 1 heterocycles. The number of furan rings is 1. The standard InChI is InChI=1S/C20H10BrClO3S/c21-17-10-12(25-20(17)26-13-7-5-11(22)6-8-13)9-16-18(23)14-3-1-2-4-15(14)19(16)24/h1-10H. The quantitative estimate of drug-likeness (QED) is 0.350. The molecule has 0 N–H and O–H groups in total. The van der Waals surface area contributed by atoms with Crippen molar-refractivity contribution < 1.29 is 14.0 Å². The minimum Gasteiger partial charge on any atom is -0.449 e. The van der Waals surface area contributed by atoms with Gasteiger partial charge >= 0.3 is 0 Å². The Labute approximate surface area is 167 Å². The summed E-state index contributed by atoms with van der Waals surface area (Å²) in [7, 11) is 0. The molecule has 0 unspecified atom stereocenters. The van der Waals surface area contributed by atoms with Crippen LogP contribution in [0.15, 0.2) is 79.0 Å². The van der Waals surface area contributed by atoms with Crippen molar-refractivity contribution in [1.82, 2.24) is 0 Å². The number of benzene rings is 2. The molecule has 0 saturated heterocycles. The van der Waals surface area contributed by atoms with E-state index in [4.69, 9.17) is 16.0 Å². The number of Topliss-reactive ketones (excluding diaryl/α,β-unsaturated/α-hetero) is 2. The minimum atomic E-state index is -0.273. The second kappa shape index (κ2) is 6.91. The van der Waals surface area contributed by atoms with Crippen LogP contribution in [0.4, 0.5) is 0 Å². The number of carbonyl (C=O) groups is 2. The molecule has 0 radical (unpaired) electrons. The molecule has 0 spiro atoms. The van der Waals surface area contributed by atoms with Gasteiger partial charge in [-0.15, -0.1) is 0 Å². The predicted molar refractivity (Wildman–Crippen MR) is 105 cm³/mol. The Hall–Kier alpha value is -2.08. The van der Waals surface area contributed by atoms with Crippen molar-refractivity contribution in [2.75, 3.05) is 0 Å². The highest BCUT2D eigenvalue weighted by atomic mass is 79.9. The smallest absolute Gasteiger partial charge is 0.197 e. The number of hydrogen-bond acceptors (Lipinski definition) is 4. The van der Waals surface area contributed by atoms with Gasteiger partial charge in [0.2, 0.25) is 0 Å². The molecule has 1 aromatic heterocycles. The van der Waals surface area contributed by atoms with Gasteiger partial charge in [-0.3, -0.25) is 9.59 Å². The molecule has 0 fully saturated rings. The van der Waals surface area contributed by atoms with E-state index in [9.17, 15) is 9.59 Å². The van der Waals surface area contributed by atoms with Crippen molar-refractivity contribution in [3.05, 3.63) is 86.6 Å². The summed E-state index contributed by atoms with van der Waals surface area (Å²) in [4.78, 5) is 25.9. The zero-order chi connectivity index (χ0) is 18.3. The molecular weight excluding hydrogens is 436 g/mol. The summed E-state index contributed by atoms with van der Waals surface area (Å²) in [6.07, 6.45) is 1.50. The summed E-state index contributed by atoms with van der Waals surface area (Å²) in [6.45, 7) is 0. The Bertz CT molecular complexity index is 1030.